The number of nitrogens with one attached hydrogen (secondary N) is 1. The van der Waals surface area contributed by atoms with Crippen molar-refractivity contribution in [2.45, 2.75) is 6.18 Å². The van der Waals surface area contributed by atoms with Gasteiger partial charge in [-0.25, -0.2) is 0 Å². The monoisotopic (exact) mass is 367 g/mol. The number of hydrogen-bond acceptors (Lipinski definition) is 4. The first kappa shape index (κ1) is 17.2. The van der Waals surface area contributed by atoms with Crippen molar-refractivity contribution in [2.75, 3.05) is 4.72 Å². The van der Waals surface area contributed by atoms with Crippen molar-refractivity contribution in [1.82, 2.24) is 5.16 Å². The zero-order chi connectivity index (χ0) is 18.0. The molecule has 0 saturated heterocycles. The van der Waals surface area contributed by atoms with Crippen LogP contribution in [0.2, 0.25) is 0 Å². The zero-order valence-electron chi connectivity index (χ0n) is 12.4. The van der Waals surface area contributed by atoms with Gasteiger partial charge in [-0.2, -0.15) is 13.2 Å². The molecule has 3 aromatic rings. The van der Waals surface area contributed by atoms with Crippen LogP contribution in [-0.4, -0.2) is 13.9 Å². The van der Waals surface area contributed by atoms with Gasteiger partial charge in [-0.3, -0.25) is 4.21 Å². The lowest BCUT2D eigenvalue weighted by atomic mass is 9.99. The van der Waals surface area contributed by atoms with Gasteiger partial charge in [-0.15, -0.1) is 0 Å². The Bertz CT molecular complexity index is 893. The first-order valence-corrected chi connectivity index (χ1v) is 8.02. The molecule has 0 radical (unpaired) electrons. The quantitative estimate of drug-likeness (QED) is 0.700. The van der Waals surface area contributed by atoms with Gasteiger partial charge in [0.15, 0.2) is 0 Å². The van der Waals surface area contributed by atoms with Crippen molar-refractivity contribution in [3.05, 3.63) is 60.4 Å². The SMILES string of the molecule is O=S([O-])Nc1ccc(-c2c(-c3ccccc3)noc2C(F)(F)F)cc1. The van der Waals surface area contributed by atoms with Gasteiger partial charge in [0.05, 0.1) is 5.56 Å². The summed E-state index contributed by atoms with van der Waals surface area (Å²) >= 11 is -2.52. The molecule has 0 amide bonds. The summed E-state index contributed by atoms with van der Waals surface area (Å²) in [6, 6.07) is 13.8. The molecule has 3 rings (SSSR count). The van der Waals surface area contributed by atoms with Crippen LogP contribution in [0.4, 0.5) is 18.9 Å². The molecular formula is C16H10F3N2O3S-. The molecule has 2 aromatic carbocycles. The molecule has 0 saturated carbocycles. The van der Waals surface area contributed by atoms with Crippen LogP contribution in [0.5, 0.6) is 0 Å². The van der Waals surface area contributed by atoms with Crippen LogP contribution < -0.4 is 4.72 Å². The second-order valence-corrected chi connectivity index (χ2v) is 5.69. The van der Waals surface area contributed by atoms with Gasteiger partial charge >= 0.3 is 6.18 Å². The fourth-order valence-corrected chi connectivity index (χ4v) is 2.67. The van der Waals surface area contributed by atoms with Gasteiger partial charge in [0.2, 0.25) is 5.76 Å². The number of rotatable bonds is 4. The molecule has 0 aliphatic heterocycles. The summed E-state index contributed by atoms with van der Waals surface area (Å²) in [5, 5.41) is 3.59. The lowest BCUT2D eigenvalue weighted by Gasteiger charge is -2.10. The number of alkyl halides is 3. The summed E-state index contributed by atoms with van der Waals surface area (Å²) in [6.07, 6.45) is -4.72. The largest absolute Gasteiger partial charge is 0.755 e. The summed E-state index contributed by atoms with van der Waals surface area (Å²) in [6.45, 7) is 0. The average molecular weight is 367 g/mol. The van der Waals surface area contributed by atoms with Crippen molar-refractivity contribution in [2.24, 2.45) is 0 Å². The smallest absolute Gasteiger partial charge is 0.453 e. The second kappa shape index (κ2) is 6.69. The highest BCUT2D eigenvalue weighted by atomic mass is 32.2. The molecule has 9 heteroatoms. The molecule has 1 atom stereocenters. The number of halogens is 3. The second-order valence-electron chi connectivity index (χ2n) is 5.01. The van der Waals surface area contributed by atoms with E-state index < -0.39 is 23.2 Å². The van der Waals surface area contributed by atoms with Crippen molar-refractivity contribution in [3.63, 3.8) is 0 Å². The van der Waals surface area contributed by atoms with E-state index in [4.69, 9.17) is 0 Å². The molecule has 130 valence electrons. The highest BCUT2D eigenvalue weighted by Crippen LogP contribution is 2.42. The summed E-state index contributed by atoms with van der Waals surface area (Å²) < 4.78 is 67.8. The highest BCUT2D eigenvalue weighted by molar-refractivity contribution is 7.80. The number of nitrogens with zero attached hydrogens (tertiary/aromatic N) is 1. The number of benzene rings is 2. The molecule has 1 aromatic heterocycles. The molecule has 0 fully saturated rings. The first-order valence-electron chi connectivity index (χ1n) is 6.95. The van der Waals surface area contributed by atoms with Crippen molar-refractivity contribution < 1.29 is 26.5 Å². The van der Waals surface area contributed by atoms with Crippen LogP contribution in [0.3, 0.4) is 0 Å². The van der Waals surface area contributed by atoms with Crippen molar-refractivity contribution in [3.8, 4) is 22.4 Å². The van der Waals surface area contributed by atoms with E-state index in [-0.39, 0.29) is 22.5 Å². The van der Waals surface area contributed by atoms with E-state index in [0.29, 0.717) is 5.56 Å². The zero-order valence-corrected chi connectivity index (χ0v) is 13.2. The van der Waals surface area contributed by atoms with Gasteiger partial charge in [-0.1, -0.05) is 47.6 Å². The molecule has 25 heavy (non-hydrogen) atoms. The van der Waals surface area contributed by atoms with Crippen molar-refractivity contribution >= 4 is 17.0 Å². The topological polar surface area (TPSA) is 78.2 Å². The third-order valence-electron chi connectivity index (χ3n) is 3.37. The Labute approximate surface area is 142 Å². The number of hydrogen-bond donors (Lipinski definition) is 1. The number of aromatic nitrogens is 1. The summed E-state index contributed by atoms with van der Waals surface area (Å²) in [5.74, 6) is -1.21. The molecule has 0 spiro atoms. The Morgan fingerprint density at radius 2 is 1.64 bits per heavy atom. The van der Waals surface area contributed by atoms with Crippen LogP contribution in [0, 0.1) is 0 Å². The molecule has 0 bridgehead atoms. The van der Waals surface area contributed by atoms with Crippen LogP contribution in [0.15, 0.2) is 59.1 Å². The third-order valence-corrected chi connectivity index (χ3v) is 3.77. The Morgan fingerprint density at radius 3 is 2.20 bits per heavy atom. The van der Waals surface area contributed by atoms with Crippen LogP contribution in [0.1, 0.15) is 5.76 Å². The summed E-state index contributed by atoms with van der Waals surface area (Å²) in [5.41, 5.74) is 0.757. The maximum absolute atomic E-state index is 13.3. The standard InChI is InChI=1S/C16H11F3N2O3S/c17-16(18,19)15-13(10-6-8-12(9-7-10)21-25(22)23)14(20-24-15)11-4-2-1-3-5-11/h1-9,21H,(H,22,23)/p-1. The molecule has 0 aliphatic carbocycles. The van der Waals surface area contributed by atoms with E-state index in [1.807, 2.05) is 0 Å². The Balaban J connectivity index is 2.13. The molecule has 0 aliphatic rings. The first-order chi connectivity index (χ1) is 11.9. The third kappa shape index (κ3) is 3.72. The van der Waals surface area contributed by atoms with E-state index in [9.17, 15) is 21.9 Å². The predicted molar refractivity (Wildman–Crippen MR) is 84.9 cm³/mol. The average Bonchev–Trinajstić information content (AvgIpc) is 3.01. The van der Waals surface area contributed by atoms with Gasteiger partial charge in [0.1, 0.15) is 5.69 Å². The van der Waals surface area contributed by atoms with E-state index in [2.05, 4.69) is 14.4 Å². The van der Waals surface area contributed by atoms with Gasteiger partial charge < -0.3 is 13.8 Å². The van der Waals surface area contributed by atoms with Gasteiger partial charge in [-0.05, 0) is 17.7 Å². The van der Waals surface area contributed by atoms with Gasteiger partial charge in [0, 0.05) is 22.5 Å². The van der Waals surface area contributed by atoms with E-state index in [1.54, 1.807) is 30.3 Å². The Kier molecular flexibility index (Phi) is 4.60. The van der Waals surface area contributed by atoms with E-state index in [1.165, 1.54) is 24.3 Å². The lowest BCUT2D eigenvalue weighted by molar-refractivity contribution is -0.154. The highest BCUT2D eigenvalue weighted by Gasteiger charge is 2.41. The normalized spacial score (nSPS) is 12.8. The van der Waals surface area contributed by atoms with Crippen LogP contribution in [0.25, 0.3) is 22.4 Å². The summed E-state index contributed by atoms with van der Waals surface area (Å²) in [4.78, 5) is 0. The Hall–Kier alpha value is -2.65. The summed E-state index contributed by atoms with van der Waals surface area (Å²) in [7, 11) is 0. The Morgan fingerprint density at radius 1 is 1.00 bits per heavy atom. The molecule has 1 unspecified atom stereocenters. The van der Waals surface area contributed by atoms with Gasteiger partial charge in [0.25, 0.3) is 0 Å². The predicted octanol–water partition coefficient (Wildman–Crippen LogP) is 4.23. The minimum atomic E-state index is -4.72. The lowest BCUT2D eigenvalue weighted by Crippen LogP contribution is -2.05. The van der Waals surface area contributed by atoms with E-state index >= 15 is 0 Å². The fraction of sp³-hybridized carbons (Fsp3) is 0.0625. The maximum Gasteiger partial charge on any atom is 0.453 e. The number of anilines is 1. The minimum absolute atomic E-state index is 0.0565. The van der Waals surface area contributed by atoms with Crippen LogP contribution in [-0.2, 0) is 17.4 Å². The maximum atomic E-state index is 13.3. The molecule has 5 nitrogen and oxygen atoms in total. The molecule has 1 heterocycles. The molecule has 1 N–H and O–H groups in total. The minimum Gasteiger partial charge on any atom is -0.755 e. The fourth-order valence-electron chi connectivity index (χ4n) is 2.35. The van der Waals surface area contributed by atoms with E-state index in [0.717, 1.165) is 0 Å². The molecular weight excluding hydrogens is 357 g/mol. The van der Waals surface area contributed by atoms with Crippen molar-refractivity contribution in [1.29, 1.82) is 0 Å². The van der Waals surface area contributed by atoms with Crippen LogP contribution >= 0.6 is 0 Å².